The molecule has 1 fully saturated rings. The van der Waals surface area contributed by atoms with Crippen molar-refractivity contribution in [2.45, 2.75) is 24.6 Å². The molecule has 3 heteroatoms. The van der Waals surface area contributed by atoms with Gasteiger partial charge >= 0.3 is 0 Å². The van der Waals surface area contributed by atoms with Crippen LogP contribution in [0.15, 0.2) is 0 Å². The zero-order valence-electron chi connectivity index (χ0n) is 6.14. The molecule has 0 saturated carbocycles. The number of halogens is 1. The highest BCUT2D eigenvalue weighted by atomic mass is 79.9. The lowest BCUT2D eigenvalue weighted by atomic mass is 10.4. The van der Waals surface area contributed by atoms with Crippen molar-refractivity contribution in [1.82, 2.24) is 4.90 Å². The van der Waals surface area contributed by atoms with Crippen LogP contribution in [0.2, 0.25) is 0 Å². The summed E-state index contributed by atoms with van der Waals surface area (Å²) in [5.41, 5.74) is 0. The lowest BCUT2D eigenvalue weighted by Gasteiger charge is -2.13. The highest BCUT2D eigenvalue weighted by Crippen LogP contribution is 2.17. The molecule has 1 atom stereocenters. The number of hydrogen-bond donors (Lipinski definition) is 0. The lowest BCUT2D eigenvalue weighted by Crippen LogP contribution is -2.27. The van der Waals surface area contributed by atoms with Gasteiger partial charge in [0.1, 0.15) is 0 Å². The second-order valence-electron chi connectivity index (χ2n) is 2.58. The van der Waals surface area contributed by atoms with Gasteiger partial charge in [-0.15, -0.1) is 0 Å². The third-order valence-corrected chi connectivity index (χ3v) is 2.58. The Kier molecular flexibility index (Phi) is 2.72. The quantitative estimate of drug-likeness (QED) is 0.625. The number of likely N-dealkylation sites (tertiary alicyclic amines) is 1. The van der Waals surface area contributed by atoms with Gasteiger partial charge in [0.05, 0.1) is 4.83 Å². The average molecular weight is 206 g/mol. The first kappa shape index (κ1) is 8.05. The van der Waals surface area contributed by atoms with Crippen LogP contribution >= 0.6 is 15.9 Å². The summed E-state index contributed by atoms with van der Waals surface area (Å²) < 4.78 is 0. The molecule has 1 unspecified atom stereocenters. The first-order chi connectivity index (χ1) is 4.75. The van der Waals surface area contributed by atoms with Crippen molar-refractivity contribution in [1.29, 1.82) is 0 Å². The van der Waals surface area contributed by atoms with E-state index in [2.05, 4.69) is 22.9 Å². The topological polar surface area (TPSA) is 20.3 Å². The Morgan fingerprint density at radius 2 is 2.50 bits per heavy atom. The van der Waals surface area contributed by atoms with Gasteiger partial charge in [0.15, 0.2) is 0 Å². The molecule has 0 aromatic heterocycles. The standard InChI is InChI=1S/C7H12BrNO/c1-2-4-9-5-3-6(8)7(9)10/h6H,2-5H2,1H3. The fourth-order valence-electron chi connectivity index (χ4n) is 1.19. The normalized spacial score (nSPS) is 26.0. The Bertz CT molecular complexity index is 136. The Labute approximate surface area is 69.7 Å². The van der Waals surface area contributed by atoms with Crippen LogP contribution < -0.4 is 0 Å². The molecule has 2 nitrogen and oxygen atoms in total. The average Bonchev–Trinajstić information content (AvgIpc) is 2.20. The first-order valence-electron chi connectivity index (χ1n) is 3.68. The second kappa shape index (κ2) is 3.37. The van der Waals surface area contributed by atoms with E-state index in [4.69, 9.17) is 0 Å². The third kappa shape index (κ3) is 1.51. The number of carbonyl (C=O) groups is 1. The van der Waals surface area contributed by atoms with Crippen LogP contribution in [0.4, 0.5) is 0 Å². The molecule has 1 rings (SSSR count). The van der Waals surface area contributed by atoms with Crippen molar-refractivity contribution in [2.24, 2.45) is 0 Å². The zero-order chi connectivity index (χ0) is 7.56. The van der Waals surface area contributed by atoms with Gasteiger partial charge in [-0.1, -0.05) is 22.9 Å². The largest absolute Gasteiger partial charge is 0.342 e. The van der Waals surface area contributed by atoms with Crippen molar-refractivity contribution in [2.75, 3.05) is 13.1 Å². The molecule has 0 aromatic rings. The van der Waals surface area contributed by atoms with Gasteiger partial charge in [0.25, 0.3) is 0 Å². The van der Waals surface area contributed by atoms with Crippen LogP contribution in [-0.2, 0) is 4.79 Å². The monoisotopic (exact) mass is 205 g/mol. The third-order valence-electron chi connectivity index (χ3n) is 1.73. The van der Waals surface area contributed by atoms with E-state index >= 15 is 0 Å². The van der Waals surface area contributed by atoms with Gasteiger partial charge in [0.2, 0.25) is 5.91 Å². The van der Waals surface area contributed by atoms with E-state index < -0.39 is 0 Å². The summed E-state index contributed by atoms with van der Waals surface area (Å²) in [5, 5.41) is 0. The Morgan fingerprint density at radius 3 is 2.90 bits per heavy atom. The minimum atomic E-state index is 0.0963. The predicted molar refractivity (Wildman–Crippen MR) is 44.2 cm³/mol. The van der Waals surface area contributed by atoms with Gasteiger partial charge in [0, 0.05) is 13.1 Å². The van der Waals surface area contributed by atoms with Crippen LogP contribution in [0.3, 0.4) is 0 Å². The van der Waals surface area contributed by atoms with E-state index in [1.807, 2.05) is 4.90 Å². The number of hydrogen-bond acceptors (Lipinski definition) is 1. The minimum Gasteiger partial charge on any atom is -0.342 e. The maximum absolute atomic E-state index is 11.2. The van der Waals surface area contributed by atoms with Crippen molar-refractivity contribution in [3.05, 3.63) is 0 Å². The Morgan fingerprint density at radius 1 is 1.80 bits per heavy atom. The van der Waals surface area contributed by atoms with Crippen LogP contribution in [0, 0.1) is 0 Å². The molecule has 1 heterocycles. The molecule has 1 aliphatic rings. The summed E-state index contributed by atoms with van der Waals surface area (Å²) in [5.74, 6) is 0.266. The highest BCUT2D eigenvalue weighted by Gasteiger charge is 2.27. The van der Waals surface area contributed by atoms with E-state index in [0.717, 1.165) is 25.9 Å². The van der Waals surface area contributed by atoms with Crippen LogP contribution in [0.25, 0.3) is 0 Å². The molecule has 0 radical (unpaired) electrons. The smallest absolute Gasteiger partial charge is 0.236 e. The maximum atomic E-state index is 11.2. The van der Waals surface area contributed by atoms with Crippen LogP contribution in [0.5, 0.6) is 0 Å². The van der Waals surface area contributed by atoms with E-state index in [1.165, 1.54) is 0 Å². The molecular formula is C7H12BrNO. The van der Waals surface area contributed by atoms with E-state index in [1.54, 1.807) is 0 Å². The van der Waals surface area contributed by atoms with Gasteiger partial charge in [-0.2, -0.15) is 0 Å². The molecule has 10 heavy (non-hydrogen) atoms. The molecule has 0 N–H and O–H groups in total. The van der Waals surface area contributed by atoms with Gasteiger partial charge < -0.3 is 4.90 Å². The summed E-state index contributed by atoms with van der Waals surface area (Å²) in [7, 11) is 0. The molecule has 1 amide bonds. The summed E-state index contributed by atoms with van der Waals surface area (Å²) in [6, 6.07) is 0. The van der Waals surface area contributed by atoms with Gasteiger partial charge in [-0.3, -0.25) is 4.79 Å². The molecule has 0 aromatic carbocycles. The molecular weight excluding hydrogens is 194 g/mol. The van der Waals surface area contributed by atoms with Crippen molar-refractivity contribution < 1.29 is 4.79 Å². The van der Waals surface area contributed by atoms with Gasteiger partial charge in [-0.05, 0) is 12.8 Å². The number of carbonyl (C=O) groups excluding carboxylic acids is 1. The fraction of sp³-hybridized carbons (Fsp3) is 0.857. The molecule has 58 valence electrons. The maximum Gasteiger partial charge on any atom is 0.236 e. The van der Waals surface area contributed by atoms with Crippen molar-refractivity contribution in [3.8, 4) is 0 Å². The van der Waals surface area contributed by atoms with E-state index in [0.29, 0.717) is 0 Å². The van der Waals surface area contributed by atoms with E-state index in [-0.39, 0.29) is 10.7 Å². The Balaban J connectivity index is 2.41. The molecule has 1 saturated heterocycles. The predicted octanol–water partition coefficient (Wildman–Crippen LogP) is 1.39. The Hall–Kier alpha value is -0.0500. The fourth-order valence-corrected chi connectivity index (χ4v) is 1.69. The highest BCUT2D eigenvalue weighted by molar-refractivity contribution is 9.10. The number of nitrogens with zero attached hydrogens (tertiary/aromatic N) is 1. The van der Waals surface area contributed by atoms with Crippen molar-refractivity contribution >= 4 is 21.8 Å². The summed E-state index contributed by atoms with van der Waals surface area (Å²) in [6.07, 6.45) is 2.03. The van der Waals surface area contributed by atoms with E-state index in [9.17, 15) is 4.79 Å². The lowest BCUT2D eigenvalue weighted by molar-refractivity contribution is -0.127. The summed E-state index contributed by atoms with van der Waals surface area (Å²) in [6.45, 7) is 3.94. The zero-order valence-corrected chi connectivity index (χ0v) is 7.73. The molecule has 0 bridgehead atoms. The van der Waals surface area contributed by atoms with Crippen LogP contribution in [0.1, 0.15) is 19.8 Å². The SMILES string of the molecule is CCCN1CCC(Br)C1=O. The van der Waals surface area contributed by atoms with Crippen LogP contribution in [-0.4, -0.2) is 28.7 Å². The number of alkyl halides is 1. The molecule has 1 aliphatic heterocycles. The summed E-state index contributed by atoms with van der Waals surface area (Å²) in [4.78, 5) is 13.2. The van der Waals surface area contributed by atoms with Crippen molar-refractivity contribution in [3.63, 3.8) is 0 Å². The number of rotatable bonds is 2. The summed E-state index contributed by atoms with van der Waals surface area (Å²) >= 11 is 3.32. The minimum absolute atomic E-state index is 0.0963. The number of amides is 1. The van der Waals surface area contributed by atoms with Gasteiger partial charge in [-0.25, -0.2) is 0 Å². The molecule has 0 aliphatic carbocycles. The second-order valence-corrected chi connectivity index (χ2v) is 3.69. The first-order valence-corrected chi connectivity index (χ1v) is 4.60. The molecule has 0 spiro atoms.